The molecular formula is C19H25NO3S. The Morgan fingerprint density at radius 1 is 1.04 bits per heavy atom. The second-order valence-corrected chi connectivity index (χ2v) is 9.05. The maximum atomic E-state index is 13.2. The molecule has 1 saturated carbocycles. The summed E-state index contributed by atoms with van der Waals surface area (Å²) in [6, 6.07) is 5.62. The van der Waals surface area contributed by atoms with Gasteiger partial charge in [-0.25, -0.2) is 8.42 Å². The number of amides is 1. The molecule has 0 aromatic heterocycles. The molecule has 130 valence electrons. The molecule has 5 heteroatoms. The Labute approximate surface area is 144 Å². The van der Waals surface area contributed by atoms with Crippen LogP contribution in [0.5, 0.6) is 0 Å². The van der Waals surface area contributed by atoms with Crippen molar-refractivity contribution < 1.29 is 13.2 Å². The third kappa shape index (κ3) is 3.72. The van der Waals surface area contributed by atoms with Crippen molar-refractivity contribution in [2.24, 2.45) is 5.92 Å². The van der Waals surface area contributed by atoms with Gasteiger partial charge in [0.25, 0.3) is 0 Å². The van der Waals surface area contributed by atoms with Crippen molar-refractivity contribution in [3.63, 3.8) is 0 Å². The van der Waals surface area contributed by atoms with E-state index in [1.807, 2.05) is 26.0 Å². The third-order valence-electron chi connectivity index (χ3n) is 4.92. The molecule has 1 aliphatic heterocycles. The molecule has 0 spiro atoms. The number of anilines is 1. The van der Waals surface area contributed by atoms with Gasteiger partial charge in [0.2, 0.25) is 5.91 Å². The van der Waals surface area contributed by atoms with Crippen LogP contribution in [0.15, 0.2) is 29.7 Å². The zero-order valence-electron chi connectivity index (χ0n) is 14.4. The Morgan fingerprint density at radius 3 is 2.21 bits per heavy atom. The molecule has 1 heterocycles. The molecule has 1 unspecified atom stereocenters. The van der Waals surface area contributed by atoms with Crippen molar-refractivity contribution in [3.05, 3.63) is 40.8 Å². The first-order chi connectivity index (χ1) is 11.4. The monoisotopic (exact) mass is 347 g/mol. The molecule has 24 heavy (non-hydrogen) atoms. The van der Waals surface area contributed by atoms with E-state index in [-0.39, 0.29) is 17.6 Å². The number of carbonyl (C=O) groups is 1. The lowest BCUT2D eigenvalue weighted by Gasteiger charge is -2.33. The fourth-order valence-corrected chi connectivity index (χ4v) is 5.11. The third-order valence-corrected chi connectivity index (χ3v) is 6.30. The molecule has 1 aromatic carbocycles. The lowest BCUT2D eigenvalue weighted by atomic mass is 9.87. The van der Waals surface area contributed by atoms with Crippen molar-refractivity contribution in [2.45, 2.75) is 52.0 Å². The van der Waals surface area contributed by atoms with Gasteiger partial charge in [-0.3, -0.25) is 4.79 Å². The van der Waals surface area contributed by atoms with E-state index in [9.17, 15) is 13.2 Å². The molecule has 1 fully saturated rings. The second kappa shape index (κ2) is 6.71. The smallest absolute Gasteiger partial charge is 0.230 e. The number of nitrogens with zero attached hydrogens (tertiary/aromatic N) is 1. The fourth-order valence-electron chi connectivity index (χ4n) is 3.84. The molecule has 0 bridgehead atoms. The van der Waals surface area contributed by atoms with Crippen LogP contribution in [-0.4, -0.2) is 26.1 Å². The van der Waals surface area contributed by atoms with Gasteiger partial charge in [0.1, 0.15) is 0 Å². The zero-order chi connectivity index (χ0) is 17.3. The molecular weight excluding hydrogens is 322 g/mol. The van der Waals surface area contributed by atoms with Crippen LogP contribution in [0.25, 0.3) is 0 Å². The molecule has 1 atom stereocenters. The van der Waals surface area contributed by atoms with Gasteiger partial charge in [0, 0.05) is 17.0 Å². The van der Waals surface area contributed by atoms with E-state index in [1.165, 1.54) is 11.8 Å². The Hall–Kier alpha value is -1.62. The summed E-state index contributed by atoms with van der Waals surface area (Å²) in [6.07, 6.45) is 6.82. The highest BCUT2D eigenvalue weighted by atomic mass is 32.2. The Kier molecular flexibility index (Phi) is 4.81. The number of rotatable bonds is 3. The zero-order valence-corrected chi connectivity index (χ0v) is 15.2. The fraction of sp³-hybridized carbons (Fsp3) is 0.526. The normalized spacial score (nSPS) is 23.3. The van der Waals surface area contributed by atoms with Crippen LogP contribution in [0.3, 0.4) is 0 Å². The van der Waals surface area contributed by atoms with Crippen molar-refractivity contribution >= 4 is 21.4 Å². The van der Waals surface area contributed by atoms with E-state index in [2.05, 4.69) is 6.07 Å². The lowest BCUT2D eigenvalue weighted by molar-refractivity contribution is -0.123. The Morgan fingerprint density at radius 2 is 1.67 bits per heavy atom. The predicted octanol–water partition coefficient (Wildman–Crippen LogP) is 3.53. The number of aryl methyl sites for hydroxylation is 2. The minimum Gasteiger partial charge on any atom is -0.304 e. The maximum absolute atomic E-state index is 13.2. The number of benzene rings is 1. The molecule has 2 aliphatic rings. The van der Waals surface area contributed by atoms with Crippen LogP contribution in [0.1, 0.15) is 43.2 Å². The van der Waals surface area contributed by atoms with Crippen LogP contribution in [-0.2, 0) is 14.6 Å². The minimum absolute atomic E-state index is 0.0104. The first kappa shape index (κ1) is 17.2. The summed E-state index contributed by atoms with van der Waals surface area (Å²) in [5.74, 6) is 0.0704. The number of carbonyl (C=O) groups excluding carboxylic acids is 1. The highest BCUT2D eigenvalue weighted by Crippen LogP contribution is 2.31. The molecule has 0 N–H and O–H groups in total. The summed E-state index contributed by atoms with van der Waals surface area (Å²) < 4.78 is 23.8. The van der Waals surface area contributed by atoms with Gasteiger partial charge >= 0.3 is 0 Å². The van der Waals surface area contributed by atoms with Crippen LogP contribution in [0, 0.1) is 19.8 Å². The van der Waals surface area contributed by atoms with E-state index in [0.29, 0.717) is 0 Å². The van der Waals surface area contributed by atoms with E-state index in [4.69, 9.17) is 0 Å². The van der Waals surface area contributed by atoms with E-state index in [1.54, 1.807) is 11.0 Å². The highest BCUT2D eigenvalue weighted by molar-refractivity contribution is 7.94. The SMILES string of the molecule is Cc1cc(C)cc(N(C(=O)C2CCCCC2)C2C=CS(=O)(=O)C2)c1. The molecule has 1 aromatic rings. The van der Waals surface area contributed by atoms with Gasteiger partial charge in [-0.2, -0.15) is 0 Å². The Bertz CT molecular complexity index is 741. The van der Waals surface area contributed by atoms with Gasteiger partial charge < -0.3 is 4.90 Å². The quantitative estimate of drug-likeness (QED) is 0.840. The number of sulfone groups is 1. The average molecular weight is 347 g/mol. The summed E-state index contributed by atoms with van der Waals surface area (Å²) in [5, 5.41) is 1.25. The lowest BCUT2D eigenvalue weighted by Crippen LogP contribution is -2.45. The maximum Gasteiger partial charge on any atom is 0.230 e. The van der Waals surface area contributed by atoms with Crippen molar-refractivity contribution in [1.82, 2.24) is 0 Å². The summed E-state index contributed by atoms with van der Waals surface area (Å²) in [4.78, 5) is 14.9. The summed E-state index contributed by atoms with van der Waals surface area (Å²) in [7, 11) is -3.21. The minimum atomic E-state index is -3.21. The van der Waals surface area contributed by atoms with Crippen molar-refractivity contribution in [3.8, 4) is 0 Å². The second-order valence-electron chi connectivity index (χ2n) is 7.11. The molecule has 1 amide bonds. The van der Waals surface area contributed by atoms with Crippen LogP contribution < -0.4 is 4.90 Å². The number of hydrogen-bond acceptors (Lipinski definition) is 3. The van der Waals surface area contributed by atoms with E-state index in [0.717, 1.165) is 42.5 Å². The van der Waals surface area contributed by atoms with Crippen LogP contribution in [0.4, 0.5) is 5.69 Å². The van der Waals surface area contributed by atoms with Gasteiger partial charge in [-0.1, -0.05) is 25.3 Å². The van der Waals surface area contributed by atoms with E-state index < -0.39 is 15.9 Å². The predicted molar refractivity (Wildman–Crippen MR) is 96.7 cm³/mol. The molecule has 0 radical (unpaired) electrons. The van der Waals surface area contributed by atoms with Gasteiger partial charge in [0.15, 0.2) is 9.84 Å². The molecule has 4 nitrogen and oxygen atoms in total. The van der Waals surface area contributed by atoms with Crippen LogP contribution >= 0.6 is 0 Å². The highest BCUT2D eigenvalue weighted by Gasteiger charge is 2.35. The van der Waals surface area contributed by atoms with E-state index >= 15 is 0 Å². The summed E-state index contributed by atoms with van der Waals surface area (Å²) >= 11 is 0. The largest absolute Gasteiger partial charge is 0.304 e. The van der Waals surface area contributed by atoms with Crippen molar-refractivity contribution in [1.29, 1.82) is 0 Å². The van der Waals surface area contributed by atoms with Gasteiger partial charge in [0.05, 0.1) is 11.8 Å². The summed E-state index contributed by atoms with van der Waals surface area (Å²) in [5.41, 5.74) is 2.97. The molecule has 3 rings (SSSR count). The summed E-state index contributed by atoms with van der Waals surface area (Å²) in [6.45, 7) is 4.00. The standard InChI is InChI=1S/C19H25NO3S/c1-14-10-15(2)12-18(11-14)20(17-8-9-24(22,23)13-17)19(21)16-6-4-3-5-7-16/h8-12,16-17H,3-7,13H2,1-2H3. The first-order valence-corrected chi connectivity index (χ1v) is 10.4. The number of hydrogen-bond donors (Lipinski definition) is 0. The Balaban J connectivity index is 1.97. The average Bonchev–Trinajstić information content (AvgIpc) is 2.87. The molecule has 1 aliphatic carbocycles. The molecule has 0 saturated heterocycles. The van der Waals surface area contributed by atoms with Crippen LogP contribution in [0.2, 0.25) is 0 Å². The van der Waals surface area contributed by atoms with Gasteiger partial charge in [-0.05, 0) is 56.0 Å². The first-order valence-electron chi connectivity index (χ1n) is 8.68. The van der Waals surface area contributed by atoms with Crippen molar-refractivity contribution in [2.75, 3.05) is 10.7 Å². The van der Waals surface area contributed by atoms with Gasteiger partial charge in [-0.15, -0.1) is 0 Å². The topological polar surface area (TPSA) is 54.5 Å².